The molecular weight excluding hydrogens is 265 g/mol. The van der Waals surface area contributed by atoms with Crippen LogP contribution in [0.1, 0.15) is 11.1 Å². The van der Waals surface area contributed by atoms with Crippen LogP contribution in [-0.2, 0) is 13.0 Å². The Labute approximate surface area is 118 Å². The van der Waals surface area contributed by atoms with E-state index in [1.165, 1.54) is 11.6 Å². The number of ether oxygens (including phenoxy) is 1. The maximum atomic E-state index is 13.4. The normalized spacial score (nSPS) is 9.79. The molecule has 19 heavy (non-hydrogen) atoms. The Morgan fingerprint density at radius 1 is 1.00 bits per heavy atom. The van der Waals surface area contributed by atoms with Crippen molar-refractivity contribution in [3.63, 3.8) is 0 Å². The largest absolute Gasteiger partial charge is 1.00 e. The fraction of sp³-hybridized carbons (Fsp3) is 0.200. The summed E-state index contributed by atoms with van der Waals surface area (Å²) in [7, 11) is 0. The molecule has 0 heterocycles. The molecule has 0 aromatic heterocycles. The highest BCUT2D eigenvalue weighted by Gasteiger charge is 2.01. The molecule has 0 amide bonds. The van der Waals surface area contributed by atoms with Gasteiger partial charge in [-0.3, -0.25) is 0 Å². The third kappa shape index (κ3) is 4.54. The zero-order valence-electron chi connectivity index (χ0n) is 10.6. The van der Waals surface area contributed by atoms with Gasteiger partial charge in [0.05, 0.1) is 6.54 Å². The lowest BCUT2D eigenvalue weighted by atomic mass is 10.1. The van der Waals surface area contributed by atoms with E-state index in [4.69, 9.17) is 4.74 Å². The first-order valence-corrected chi connectivity index (χ1v) is 6.04. The average molecular weight is 282 g/mol. The highest BCUT2D eigenvalue weighted by atomic mass is 35.5. The molecule has 2 aromatic rings. The van der Waals surface area contributed by atoms with Crippen molar-refractivity contribution >= 4 is 0 Å². The highest BCUT2D eigenvalue weighted by molar-refractivity contribution is 5.28. The zero-order chi connectivity index (χ0) is 12.8. The first kappa shape index (κ1) is 15.5. The molecule has 0 saturated heterocycles. The SMILES string of the molecule is [Cl-].[NH3+]CCc1ccc(OCc2ccccc2F)cc1. The molecule has 0 spiro atoms. The average Bonchev–Trinajstić information content (AvgIpc) is 2.40. The van der Waals surface area contributed by atoms with Gasteiger partial charge < -0.3 is 22.9 Å². The highest BCUT2D eigenvalue weighted by Crippen LogP contribution is 2.15. The second kappa shape index (κ2) is 7.77. The first-order chi connectivity index (χ1) is 8.79. The second-order valence-corrected chi connectivity index (χ2v) is 4.13. The lowest BCUT2D eigenvalue weighted by molar-refractivity contribution is -0.366. The van der Waals surface area contributed by atoms with Crippen LogP contribution in [0.3, 0.4) is 0 Å². The molecular formula is C15H17ClFNO. The van der Waals surface area contributed by atoms with Crippen LogP contribution in [0.5, 0.6) is 5.75 Å². The Balaban J connectivity index is 0.00000180. The van der Waals surface area contributed by atoms with E-state index >= 15 is 0 Å². The van der Waals surface area contributed by atoms with Crippen molar-refractivity contribution in [2.75, 3.05) is 6.54 Å². The van der Waals surface area contributed by atoms with Gasteiger partial charge in [0.25, 0.3) is 0 Å². The number of rotatable bonds is 5. The van der Waals surface area contributed by atoms with E-state index in [1.54, 1.807) is 18.2 Å². The summed E-state index contributed by atoms with van der Waals surface area (Å²) in [6, 6.07) is 14.5. The first-order valence-electron chi connectivity index (χ1n) is 6.04. The Bertz CT molecular complexity index is 502. The van der Waals surface area contributed by atoms with Gasteiger partial charge in [0.1, 0.15) is 18.2 Å². The van der Waals surface area contributed by atoms with Crippen LogP contribution >= 0.6 is 0 Å². The number of halogens is 2. The van der Waals surface area contributed by atoms with Gasteiger partial charge in [-0.05, 0) is 23.8 Å². The van der Waals surface area contributed by atoms with Crippen LogP contribution in [0.25, 0.3) is 0 Å². The van der Waals surface area contributed by atoms with E-state index in [2.05, 4.69) is 5.73 Å². The van der Waals surface area contributed by atoms with Gasteiger partial charge in [0, 0.05) is 12.0 Å². The van der Waals surface area contributed by atoms with Crippen molar-refractivity contribution in [3.05, 3.63) is 65.5 Å². The number of hydrogen-bond acceptors (Lipinski definition) is 1. The molecule has 0 saturated carbocycles. The van der Waals surface area contributed by atoms with Gasteiger partial charge in [0.2, 0.25) is 0 Å². The summed E-state index contributed by atoms with van der Waals surface area (Å²) in [4.78, 5) is 0. The molecule has 0 aliphatic rings. The molecule has 0 aliphatic heterocycles. The van der Waals surface area contributed by atoms with Gasteiger partial charge in [-0.1, -0.05) is 30.3 Å². The Kier molecular flexibility index (Phi) is 6.33. The van der Waals surface area contributed by atoms with Crippen LogP contribution in [0.4, 0.5) is 4.39 Å². The minimum absolute atomic E-state index is 0. The maximum Gasteiger partial charge on any atom is 0.129 e. The van der Waals surface area contributed by atoms with Gasteiger partial charge >= 0.3 is 0 Å². The molecule has 2 rings (SSSR count). The summed E-state index contributed by atoms with van der Waals surface area (Å²) in [5.74, 6) is 0.525. The Morgan fingerprint density at radius 3 is 2.32 bits per heavy atom. The lowest BCUT2D eigenvalue weighted by Gasteiger charge is -2.07. The third-order valence-corrected chi connectivity index (χ3v) is 2.74. The van der Waals surface area contributed by atoms with Crippen LogP contribution < -0.4 is 22.9 Å². The Morgan fingerprint density at radius 2 is 1.68 bits per heavy atom. The molecule has 0 bridgehead atoms. The molecule has 3 N–H and O–H groups in total. The van der Waals surface area contributed by atoms with Crippen LogP contribution in [-0.4, -0.2) is 6.54 Å². The lowest BCUT2D eigenvalue weighted by Crippen LogP contribution is -3.00. The van der Waals surface area contributed by atoms with E-state index in [0.717, 1.165) is 18.7 Å². The van der Waals surface area contributed by atoms with E-state index in [0.29, 0.717) is 5.56 Å². The summed E-state index contributed by atoms with van der Waals surface area (Å²) < 4.78 is 18.9. The quantitative estimate of drug-likeness (QED) is 0.765. The van der Waals surface area contributed by atoms with Gasteiger partial charge in [-0.2, -0.15) is 0 Å². The standard InChI is InChI=1S/C15H16FNO.ClH/c16-15-4-2-1-3-13(15)11-18-14-7-5-12(6-8-14)9-10-17;/h1-8H,9-11,17H2;1H. The van der Waals surface area contributed by atoms with Crippen LogP contribution in [0.2, 0.25) is 0 Å². The molecule has 0 fully saturated rings. The molecule has 0 atom stereocenters. The van der Waals surface area contributed by atoms with Gasteiger partial charge in [-0.15, -0.1) is 0 Å². The molecule has 2 aromatic carbocycles. The fourth-order valence-corrected chi connectivity index (χ4v) is 1.73. The summed E-state index contributed by atoms with van der Waals surface area (Å²) in [5, 5.41) is 0. The monoisotopic (exact) mass is 281 g/mol. The topological polar surface area (TPSA) is 36.9 Å². The molecule has 0 unspecified atom stereocenters. The van der Waals surface area contributed by atoms with Crippen molar-refractivity contribution in [1.82, 2.24) is 0 Å². The smallest absolute Gasteiger partial charge is 0.129 e. The molecule has 0 radical (unpaired) electrons. The minimum atomic E-state index is -0.230. The zero-order valence-corrected chi connectivity index (χ0v) is 11.4. The van der Waals surface area contributed by atoms with E-state index in [1.807, 2.05) is 24.3 Å². The van der Waals surface area contributed by atoms with E-state index < -0.39 is 0 Å². The summed E-state index contributed by atoms with van der Waals surface area (Å²) >= 11 is 0. The maximum absolute atomic E-state index is 13.4. The van der Waals surface area contributed by atoms with Crippen molar-refractivity contribution in [2.24, 2.45) is 0 Å². The second-order valence-electron chi connectivity index (χ2n) is 4.13. The number of hydrogen-bond donors (Lipinski definition) is 1. The van der Waals surface area contributed by atoms with E-state index in [9.17, 15) is 4.39 Å². The van der Waals surface area contributed by atoms with Crippen LogP contribution in [0, 0.1) is 5.82 Å². The number of quaternary nitrogens is 1. The van der Waals surface area contributed by atoms with Gasteiger partial charge in [0.15, 0.2) is 0 Å². The van der Waals surface area contributed by atoms with Gasteiger partial charge in [-0.25, -0.2) is 4.39 Å². The molecule has 2 nitrogen and oxygen atoms in total. The third-order valence-electron chi connectivity index (χ3n) is 2.74. The summed E-state index contributed by atoms with van der Waals surface area (Å²) in [6.45, 7) is 1.14. The number of benzene rings is 2. The van der Waals surface area contributed by atoms with Crippen molar-refractivity contribution < 1.29 is 27.3 Å². The molecule has 4 heteroatoms. The molecule has 0 aliphatic carbocycles. The predicted octanol–water partition coefficient (Wildman–Crippen LogP) is -0.807. The predicted molar refractivity (Wildman–Crippen MR) is 68.6 cm³/mol. The van der Waals surface area contributed by atoms with E-state index in [-0.39, 0.29) is 24.8 Å². The minimum Gasteiger partial charge on any atom is -1.00 e. The summed E-state index contributed by atoms with van der Waals surface area (Å²) in [5.41, 5.74) is 5.62. The Hall–Kier alpha value is -1.58. The summed E-state index contributed by atoms with van der Waals surface area (Å²) in [6.07, 6.45) is 0.966. The molecule has 102 valence electrons. The fourth-order valence-electron chi connectivity index (χ4n) is 1.73. The van der Waals surface area contributed by atoms with Crippen molar-refractivity contribution in [3.8, 4) is 5.75 Å². The van der Waals surface area contributed by atoms with Crippen molar-refractivity contribution in [1.29, 1.82) is 0 Å². The van der Waals surface area contributed by atoms with Crippen LogP contribution in [0.15, 0.2) is 48.5 Å². The van der Waals surface area contributed by atoms with Crippen molar-refractivity contribution in [2.45, 2.75) is 13.0 Å².